The fraction of sp³-hybridized carbons (Fsp3) is 0. The number of sulfone groups is 1. The molecule has 2 aromatic carbocycles. The van der Waals surface area contributed by atoms with Crippen LogP contribution in [0.25, 0.3) is 0 Å². The minimum atomic E-state index is -5.04. The lowest BCUT2D eigenvalue weighted by molar-refractivity contribution is 0.426. The van der Waals surface area contributed by atoms with E-state index in [1.54, 1.807) is 0 Å². The average molecular weight is 326 g/mol. The number of hydrogen-bond donors (Lipinski definition) is 0. The Labute approximate surface area is 114 Å². The van der Waals surface area contributed by atoms with Gasteiger partial charge in [-0.05, 0) is 24.3 Å². The van der Waals surface area contributed by atoms with Gasteiger partial charge in [0.2, 0.25) is 9.84 Å². The highest BCUT2D eigenvalue weighted by molar-refractivity contribution is 7.91. The van der Waals surface area contributed by atoms with E-state index >= 15 is 0 Å². The van der Waals surface area contributed by atoms with Crippen molar-refractivity contribution in [1.29, 1.82) is 0 Å². The molecule has 0 aromatic heterocycles. The Hall–Kier alpha value is -2.03. The normalized spacial score (nSPS) is 11.7. The SMILES string of the molecule is O=S(=O)(c1ccc(F)c(F)c1F)c1ccc(F)c(F)c1F. The summed E-state index contributed by atoms with van der Waals surface area (Å²) in [7, 11) is -5.04. The minimum absolute atomic E-state index is 0.309. The zero-order valence-electron chi connectivity index (χ0n) is 9.80. The first kappa shape index (κ1) is 15.4. The van der Waals surface area contributed by atoms with Gasteiger partial charge in [-0.25, -0.2) is 34.8 Å². The third-order valence-electron chi connectivity index (χ3n) is 2.58. The molecular formula is C12H4F6O2S. The van der Waals surface area contributed by atoms with Crippen molar-refractivity contribution in [2.75, 3.05) is 0 Å². The second kappa shape index (κ2) is 5.06. The maximum Gasteiger partial charge on any atom is 0.212 e. The van der Waals surface area contributed by atoms with Crippen LogP contribution in [-0.2, 0) is 9.84 Å². The van der Waals surface area contributed by atoms with Gasteiger partial charge in [-0.2, -0.15) is 0 Å². The Morgan fingerprint density at radius 1 is 0.571 bits per heavy atom. The van der Waals surface area contributed by atoms with Crippen LogP contribution < -0.4 is 0 Å². The van der Waals surface area contributed by atoms with Crippen molar-refractivity contribution in [1.82, 2.24) is 0 Å². The summed E-state index contributed by atoms with van der Waals surface area (Å²) in [5, 5.41) is 0. The molecular weight excluding hydrogens is 322 g/mol. The Balaban J connectivity index is 2.75. The third kappa shape index (κ3) is 2.37. The molecule has 0 fully saturated rings. The number of benzene rings is 2. The van der Waals surface area contributed by atoms with E-state index in [1.165, 1.54) is 0 Å². The van der Waals surface area contributed by atoms with Crippen molar-refractivity contribution in [3.63, 3.8) is 0 Å². The molecule has 2 rings (SSSR count). The third-order valence-corrected chi connectivity index (χ3v) is 4.37. The van der Waals surface area contributed by atoms with Crippen LogP contribution in [0.2, 0.25) is 0 Å². The molecule has 2 aromatic rings. The molecule has 0 heterocycles. The molecule has 0 aliphatic heterocycles. The minimum Gasteiger partial charge on any atom is -0.218 e. The van der Waals surface area contributed by atoms with Crippen molar-refractivity contribution in [3.8, 4) is 0 Å². The maximum atomic E-state index is 13.5. The summed E-state index contributed by atoms with van der Waals surface area (Å²) >= 11 is 0. The predicted octanol–water partition coefficient (Wildman–Crippen LogP) is 3.35. The molecule has 0 N–H and O–H groups in total. The quantitative estimate of drug-likeness (QED) is 0.482. The van der Waals surface area contributed by atoms with Crippen molar-refractivity contribution < 1.29 is 34.8 Å². The molecule has 0 amide bonds. The fourth-order valence-electron chi connectivity index (χ4n) is 1.55. The van der Waals surface area contributed by atoms with Crippen LogP contribution in [0, 0.1) is 34.9 Å². The van der Waals surface area contributed by atoms with Gasteiger partial charge in [0.05, 0.1) is 0 Å². The van der Waals surface area contributed by atoms with E-state index in [2.05, 4.69) is 0 Å². The standard InChI is InChI=1S/C12H4F6O2S/c13-5-1-3-7(11(17)9(5)15)21(19,20)8-4-2-6(14)10(16)12(8)18/h1-4H. The molecule has 0 aliphatic rings. The molecule has 9 heteroatoms. The van der Waals surface area contributed by atoms with Crippen LogP contribution in [0.15, 0.2) is 34.1 Å². The van der Waals surface area contributed by atoms with Crippen LogP contribution in [0.1, 0.15) is 0 Å². The summed E-state index contributed by atoms with van der Waals surface area (Å²) in [5.41, 5.74) is 0. The summed E-state index contributed by atoms with van der Waals surface area (Å²) in [4.78, 5) is -2.79. The first-order chi connectivity index (χ1) is 9.67. The first-order valence-electron chi connectivity index (χ1n) is 5.20. The van der Waals surface area contributed by atoms with Crippen molar-refractivity contribution in [2.24, 2.45) is 0 Å². The zero-order valence-corrected chi connectivity index (χ0v) is 10.6. The second-order valence-electron chi connectivity index (χ2n) is 3.85. The number of rotatable bonds is 2. The van der Waals surface area contributed by atoms with Gasteiger partial charge in [-0.3, -0.25) is 0 Å². The molecule has 0 saturated carbocycles. The van der Waals surface area contributed by atoms with Crippen molar-refractivity contribution >= 4 is 9.84 Å². The van der Waals surface area contributed by atoms with E-state index in [0.29, 0.717) is 24.3 Å². The van der Waals surface area contributed by atoms with Crippen LogP contribution in [-0.4, -0.2) is 8.42 Å². The number of halogens is 6. The Morgan fingerprint density at radius 3 is 1.24 bits per heavy atom. The molecule has 0 saturated heterocycles. The molecule has 0 radical (unpaired) electrons. The van der Waals surface area contributed by atoms with E-state index in [9.17, 15) is 34.8 Å². The lowest BCUT2D eigenvalue weighted by atomic mass is 10.3. The topological polar surface area (TPSA) is 34.1 Å². The molecule has 0 aliphatic carbocycles. The monoisotopic (exact) mass is 326 g/mol. The van der Waals surface area contributed by atoms with Gasteiger partial charge in [0, 0.05) is 0 Å². The Bertz CT molecular complexity index is 769. The summed E-state index contributed by atoms with van der Waals surface area (Å²) < 4.78 is 102. The smallest absolute Gasteiger partial charge is 0.212 e. The summed E-state index contributed by atoms with van der Waals surface area (Å²) in [6.07, 6.45) is 0. The molecule has 21 heavy (non-hydrogen) atoms. The fourth-order valence-corrected chi connectivity index (χ4v) is 2.93. The predicted molar refractivity (Wildman–Crippen MR) is 58.1 cm³/mol. The highest BCUT2D eigenvalue weighted by Gasteiger charge is 2.30. The molecule has 0 bridgehead atoms. The first-order valence-corrected chi connectivity index (χ1v) is 6.68. The van der Waals surface area contributed by atoms with E-state index in [-0.39, 0.29) is 0 Å². The lowest BCUT2D eigenvalue weighted by Gasteiger charge is -2.08. The van der Waals surface area contributed by atoms with Crippen LogP contribution in [0.4, 0.5) is 26.3 Å². The lowest BCUT2D eigenvalue weighted by Crippen LogP contribution is -2.10. The number of hydrogen-bond acceptors (Lipinski definition) is 2. The van der Waals surface area contributed by atoms with E-state index in [0.717, 1.165) is 0 Å². The maximum absolute atomic E-state index is 13.5. The van der Waals surface area contributed by atoms with Gasteiger partial charge in [-0.15, -0.1) is 0 Å². The largest absolute Gasteiger partial charge is 0.218 e. The highest BCUT2D eigenvalue weighted by Crippen LogP contribution is 2.29. The summed E-state index contributed by atoms with van der Waals surface area (Å²) in [6.45, 7) is 0. The van der Waals surface area contributed by atoms with Gasteiger partial charge < -0.3 is 0 Å². The van der Waals surface area contributed by atoms with E-state index in [4.69, 9.17) is 0 Å². The van der Waals surface area contributed by atoms with Gasteiger partial charge in [0.25, 0.3) is 0 Å². The van der Waals surface area contributed by atoms with E-state index in [1.807, 2.05) is 0 Å². The van der Waals surface area contributed by atoms with Crippen LogP contribution >= 0.6 is 0 Å². The van der Waals surface area contributed by atoms with Gasteiger partial charge in [0.15, 0.2) is 34.9 Å². The summed E-state index contributed by atoms with van der Waals surface area (Å²) in [5.74, 6) is -11.6. The van der Waals surface area contributed by atoms with Gasteiger partial charge >= 0.3 is 0 Å². The molecule has 112 valence electrons. The average Bonchev–Trinajstić information content (AvgIpc) is 2.41. The second-order valence-corrected chi connectivity index (χ2v) is 5.74. The molecule has 0 unspecified atom stereocenters. The highest BCUT2D eigenvalue weighted by atomic mass is 32.2. The van der Waals surface area contributed by atoms with E-state index < -0.39 is 54.5 Å². The van der Waals surface area contributed by atoms with Crippen LogP contribution in [0.3, 0.4) is 0 Å². The summed E-state index contributed by atoms with van der Waals surface area (Å²) in [6, 6.07) is 1.32. The van der Waals surface area contributed by atoms with Crippen molar-refractivity contribution in [3.05, 3.63) is 59.2 Å². The van der Waals surface area contributed by atoms with Gasteiger partial charge in [-0.1, -0.05) is 0 Å². The molecule has 0 spiro atoms. The Morgan fingerprint density at radius 2 is 0.905 bits per heavy atom. The van der Waals surface area contributed by atoms with Gasteiger partial charge in [0.1, 0.15) is 9.79 Å². The molecule has 0 atom stereocenters. The zero-order chi connectivity index (χ0) is 15.9. The van der Waals surface area contributed by atoms with Crippen LogP contribution in [0.5, 0.6) is 0 Å². The van der Waals surface area contributed by atoms with Crippen molar-refractivity contribution in [2.45, 2.75) is 9.79 Å². The molecule has 2 nitrogen and oxygen atoms in total. The Kier molecular flexibility index (Phi) is 3.70.